The lowest BCUT2D eigenvalue weighted by Gasteiger charge is -2.40. The van der Waals surface area contributed by atoms with Crippen molar-refractivity contribution in [3.8, 4) is 0 Å². The lowest BCUT2D eigenvalue weighted by atomic mass is 10.1. The summed E-state index contributed by atoms with van der Waals surface area (Å²) in [6, 6.07) is 1.99. The smallest absolute Gasteiger partial charge is 0.248 e. The Labute approximate surface area is 129 Å². The Balaban J connectivity index is 1.47. The van der Waals surface area contributed by atoms with Crippen molar-refractivity contribution in [2.45, 2.75) is 25.3 Å². The summed E-state index contributed by atoms with van der Waals surface area (Å²) in [6.07, 6.45) is 6.04. The average molecular weight is 299 g/mol. The highest BCUT2D eigenvalue weighted by atomic mass is 16.2. The summed E-state index contributed by atoms with van der Waals surface area (Å²) in [6.45, 7) is 4.71. The van der Waals surface area contributed by atoms with E-state index >= 15 is 0 Å². The van der Waals surface area contributed by atoms with Crippen LogP contribution in [0.25, 0.3) is 0 Å². The third-order valence-corrected chi connectivity index (χ3v) is 5.69. The minimum absolute atomic E-state index is 0.0822. The molecule has 22 heavy (non-hydrogen) atoms. The van der Waals surface area contributed by atoms with Crippen LogP contribution in [0, 0.1) is 5.41 Å². The maximum atomic E-state index is 12.3. The first-order valence-corrected chi connectivity index (χ1v) is 8.27. The molecule has 6 heteroatoms. The van der Waals surface area contributed by atoms with Gasteiger partial charge in [-0.15, -0.1) is 0 Å². The van der Waals surface area contributed by atoms with Crippen molar-refractivity contribution in [2.24, 2.45) is 5.41 Å². The molecule has 4 heterocycles. The van der Waals surface area contributed by atoms with Crippen molar-refractivity contribution >= 4 is 23.1 Å². The van der Waals surface area contributed by atoms with Crippen molar-refractivity contribution < 1.29 is 4.79 Å². The Morgan fingerprint density at radius 3 is 3.00 bits per heavy atom. The van der Waals surface area contributed by atoms with E-state index < -0.39 is 0 Å². The van der Waals surface area contributed by atoms with E-state index in [1.54, 1.807) is 0 Å². The number of fused-ring (bicyclic) bond motifs is 3. The highest BCUT2D eigenvalue weighted by Gasteiger charge is 2.48. The van der Waals surface area contributed by atoms with Gasteiger partial charge in [0.05, 0.1) is 17.6 Å². The van der Waals surface area contributed by atoms with E-state index in [0.717, 1.165) is 43.4 Å². The predicted octanol–water partition coefficient (Wildman–Crippen LogP) is 0.802. The summed E-state index contributed by atoms with van der Waals surface area (Å²) in [5.41, 5.74) is 2.62. The molecular weight excluding hydrogens is 278 g/mol. The number of nitrogens with one attached hydrogen (secondary N) is 2. The van der Waals surface area contributed by atoms with E-state index in [0.29, 0.717) is 12.0 Å². The summed E-state index contributed by atoms with van der Waals surface area (Å²) < 4.78 is 0. The van der Waals surface area contributed by atoms with Crippen LogP contribution in [0.3, 0.4) is 0 Å². The molecule has 0 aromatic carbocycles. The molecule has 6 nitrogen and oxygen atoms in total. The number of piperazine rings is 1. The molecule has 1 atom stereocenters. The van der Waals surface area contributed by atoms with Crippen LogP contribution in [0.1, 0.15) is 19.3 Å². The monoisotopic (exact) mass is 299 g/mol. The third-order valence-electron chi connectivity index (χ3n) is 5.69. The number of anilines is 3. The highest BCUT2D eigenvalue weighted by molar-refractivity contribution is 6.03. The number of pyridine rings is 1. The minimum Gasteiger partial charge on any atom is -0.370 e. The molecule has 1 unspecified atom stereocenters. The van der Waals surface area contributed by atoms with E-state index in [2.05, 4.69) is 26.5 Å². The highest BCUT2D eigenvalue weighted by Crippen LogP contribution is 2.53. The second kappa shape index (κ2) is 4.35. The zero-order valence-corrected chi connectivity index (χ0v) is 12.6. The van der Waals surface area contributed by atoms with Crippen molar-refractivity contribution in [1.29, 1.82) is 0 Å². The van der Waals surface area contributed by atoms with Crippen LogP contribution < -0.4 is 20.4 Å². The zero-order chi connectivity index (χ0) is 14.7. The van der Waals surface area contributed by atoms with E-state index in [-0.39, 0.29) is 11.9 Å². The van der Waals surface area contributed by atoms with Gasteiger partial charge >= 0.3 is 0 Å². The number of aromatic nitrogens is 1. The van der Waals surface area contributed by atoms with Gasteiger partial charge in [-0.05, 0) is 30.7 Å². The van der Waals surface area contributed by atoms with Crippen molar-refractivity contribution in [3.05, 3.63) is 12.3 Å². The topological polar surface area (TPSA) is 60.5 Å². The zero-order valence-electron chi connectivity index (χ0n) is 12.6. The van der Waals surface area contributed by atoms with Crippen LogP contribution in [-0.4, -0.2) is 49.7 Å². The molecule has 1 amide bonds. The Bertz CT molecular complexity index is 641. The SMILES string of the molecule is O=C1Nc2cc(N3CCC4(CC4)C3)cnc2N2CCNCC12. The maximum Gasteiger partial charge on any atom is 0.248 e. The van der Waals surface area contributed by atoms with Gasteiger partial charge in [0.1, 0.15) is 6.04 Å². The molecule has 1 aromatic heterocycles. The van der Waals surface area contributed by atoms with Gasteiger partial charge < -0.3 is 20.4 Å². The van der Waals surface area contributed by atoms with Gasteiger partial charge in [0, 0.05) is 32.7 Å². The number of rotatable bonds is 1. The van der Waals surface area contributed by atoms with Gasteiger partial charge in [0.15, 0.2) is 5.82 Å². The van der Waals surface area contributed by atoms with Gasteiger partial charge in [-0.25, -0.2) is 4.98 Å². The van der Waals surface area contributed by atoms with Crippen LogP contribution in [-0.2, 0) is 4.79 Å². The van der Waals surface area contributed by atoms with E-state index in [4.69, 9.17) is 4.98 Å². The van der Waals surface area contributed by atoms with Crippen LogP contribution in [0.5, 0.6) is 0 Å². The lowest BCUT2D eigenvalue weighted by Crippen LogP contribution is -2.59. The predicted molar refractivity (Wildman–Crippen MR) is 85.4 cm³/mol. The molecule has 0 radical (unpaired) electrons. The second-order valence-electron chi connectivity index (χ2n) is 7.14. The van der Waals surface area contributed by atoms with Gasteiger partial charge in [-0.3, -0.25) is 4.79 Å². The van der Waals surface area contributed by atoms with Crippen molar-refractivity contribution in [1.82, 2.24) is 10.3 Å². The van der Waals surface area contributed by atoms with Crippen molar-refractivity contribution in [3.63, 3.8) is 0 Å². The molecule has 1 spiro atoms. The molecule has 3 fully saturated rings. The molecule has 1 aromatic rings. The number of amides is 1. The second-order valence-corrected chi connectivity index (χ2v) is 7.14. The first-order chi connectivity index (χ1) is 10.7. The van der Waals surface area contributed by atoms with Gasteiger partial charge in [-0.1, -0.05) is 0 Å². The molecular formula is C16H21N5O. The summed E-state index contributed by atoms with van der Waals surface area (Å²) in [5.74, 6) is 1.01. The molecule has 4 aliphatic rings. The number of hydrogen-bond acceptors (Lipinski definition) is 5. The van der Waals surface area contributed by atoms with Crippen LogP contribution in [0.2, 0.25) is 0 Å². The molecule has 5 rings (SSSR count). The van der Waals surface area contributed by atoms with Gasteiger partial charge in [0.2, 0.25) is 5.91 Å². The Kier molecular flexibility index (Phi) is 2.51. The largest absolute Gasteiger partial charge is 0.370 e. The Morgan fingerprint density at radius 2 is 2.18 bits per heavy atom. The molecule has 3 aliphatic heterocycles. The first-order valence-electron chi connectivity index (χ1n) is 8.27. The molecule has 116 valence electrons. The van der Waals surface area contributed by atoms with E-state index in [9.17, 15) is 4.79 Å². The fraction of sp³-hybridized carbons (Fsp3) is 0.625. The molecule has 2 N–H and O–H groups in total. The van der Waals surface area contributed by atoms with Gasteiger partial charge in [0.25, 0.3) is 0 Å². The average Bonchev–Trinajstić information content (AvgIpc) is 3.16. The normalized spacial score (nSPS) is 28.4. The van der Waals surface area contributed by atoms with Crippen LogP contribution >= 0.6 is 0 Å². The number of carbonyl (C=O) groups is 1. The number of carbonyl (C=O) groups excluding carboxylic acids is 1. The number of nitrogens with zero attached hydrogens (tertiary/aromatic N) is 3. The van der Waals surface area contributed by atoms with E-state index in [1.165, 1.54) is 19.3 Å². The van der Waals surface area contributed by atoms with E-state index in [1.807, 2.05) is 6.20 Å². The van der Waals surface area contributed by atoms with Gasteiger partial charge in [-0.2, -0.15) is 0 Å². The molecule has 1 aliphatic carbocycles. The summed E-state index contributed by atoms with van der Waals surface area (Å²) in [7, 11) is 0. The maximum absolute atomic E-state index is 12.3. The molecule has 1 saturated carbocycles. The Hall–Kier alpha value is -1.82. The molecule has 2 saturated heterocycles. The Morgan fingerprint density at radius 1 is 1.27 bits per heavy atom. The lowest BCUT2D eigenvalue weighted by molar-refractivity contribution is -0.117. The number of hydrogen-bond donors (Lipinski definition) is 2. The van der Waals surface area contributed by atoms with Crippen LogP contribution in [0.4, 0.5) is 17.2 Å². The fourth-order valence-electron chi connectivity index (χ4n) is 4.09. The fourth-order valence-corrected chi connectivity index (χ4v) is 4.09. The third kappa shape index (κ3) is 1.83. The first kappa shape index (κ1) is 12.7. The standard InChI is InChI=1S/C16H21N5O/c22-15-13-9-17-4-6-21(13)14-12(19-15)7-11(8-18-14)20-5-3-16(10-20)1-2-16/h7-8,13,17H,1-6,9-10H2,(H,19,22). The summed E-state index contributed by atoms with van der Waals surface area (Å²) in [4.78, 5) is 21.6. The van der Waals surface area contributed by atoms with Crippen molar-refractivity contribution in [2.75, 3.05) is 47.8 Å². The quantitative estimate of drug-likeness (QED) is 0.803. The summed E-state index contributed by atoms with van der Waals surface area (Å²) in [5, 5.41) is 6.33. The summed E-state index contributed by atoms with van der Waals surface area (Å²) >= 11 is 0. The molecule has 0 bridgehead atoms. The van der Waals surface area contributed by atoms with Crippen LogP contribution in [0.15, 0.2) is 12.3 Å². The minimum atomic E-state index is -0.124.